The van der Waals surface area contributed by atoms with Crippen molar-refractivity contribution in [2.45, 2.75) is 23.3 Å². The molecule has 2 heterocycles. The second-order valence-corrected chi connectivity index (χ2v) is 8.10. The van der Waals surface area contributed by atoms with Crippen LogP contribution in [0.2, 0.25) is 0 Å². The molecule has 2 N–H and O–H groups in total. The summed E-state index contributed by atoms with van der Waals surface area (Å²) in [5.74, 6) is 0. The van der Waals surface area contributed by atoms with Gasteiger partial charge in [-0.15, -0.1) is 0 Å². The Bertz CT molecular complexity index is 872. The maximum Gasteiger partial charge on any atom is 0.416 e. The lowest BCUT2D eigenvalue weighted by Crippen LogP contribution is -2.30. The lowest BCUT2D eigenvalue weighted by molar-refractivity contribution is -0.137. The molecule has 25 heavy (non-hydrogen) atoms. The Morgan fingerprint density at radius 2 is 1.84 bits per heavy atom. The van der Waals surface area contributed by atoms with E-state index in [1.54, 1.807) is 0 Å². The fourth-order valence-electron chi connectivity index (χ4n) is 2.52. The molecule has 3 rings (SSSR count). The summed E-state index contributed by atoms with van der Waals surface area (Å²) in [5, 5.41) is 20.3. The number of halogens is 3. The Kier molecular flexibility index (Phi) is 4.62. The van der Waals surface area contributed by atoms with Gasteiger partial charge in [0.2, 0.25) is 10.0 Å². The first-order valence-electron chi connectivity index (χ1n) is 7.09. The number of sulfonamides is 1. The molecule has 1 saturated heterocycles. The van der Waals surface area contributed by atoms with Crippen LogP contribution in [-0.2, 0) is 16.2 Å². The van der Waals surface area contributed by atoms with Crippen LogP contribution in [0.5, 0.6) is 0 Å². The van der Waals surface area contributed by atoms with Crippen molar-refractivity contribution < 1.29 is 31.8 Å². The molecule has 0 spiro atoms. The average Bonchev–Trinajstić information content (AvgIpc) is 3.15. The average molecular weight is 394 g/mol. The van der Waals surface area contributed by atoms with Gasteiger partial charge >= 0.3 is 6.18 Å². The highest BCUT2D eigenvalue weighted by Crippen LogP contribution is 2.35. The van der Waals surface area contributed by atoms with Crippen LogP contribution in [0, 0.1) is 0 Å². The number of hydrogen-bond donors (Lipinski definition) is 2. The quantitative estimate of drug-likeness (QED) is 0.825. The molecule has 1 aromatic carbocycles. The van der Waals surface area contributed by atoms with Crippen molar-refractivity contribution in [3.05, 3.63) is 35.2 Å². The van der Waals surface area contributed by atoms with E-state index in [4.69, 9.17) is 0 Å². The Morgan fingerprint density at radius 1 is 1.20 bits per heavy atom. The van der Waals surface area contributed by atoms with Gasteiger partial charge in [0, 0.05) is 24.0 Å². The van der Waals surface area contributed by atoms with E-state index >= 15 is 0 Å². The van der Waals surface area contributed by atoms with Crippen LogP contribution in [0.25, 0.3) is 11.3 Å². The molecule has 0 aliphatic carbocycles. The SMILES string of the molecule is O=S(=O)(c1csnc1-c1cccc(C(F)(F)F)c1)N1C[C@@H](O)[C@@H](O)C1. The predicted octanol–water partition coefficient (Wildman–Crippen LogP) is 1.56. The molecule has 2 aromatic rings. The number of alkyl halides is 3. The number of hydrogen-bond acceptors (Lipinski definition) is 6. The minimum atomic E-state index is -4.56. The molecule has 136 valence electrons. The van der Waals surface area contributed by atoms with Crippen LogP contribution in [0.4, 0.5) is 13.2 Å². The Morgan fingerprint density at radius 3 is 2.44 bits per heavy atom. The minimum Gasteiger partial charge on any atom is -0.389 e. The van der Waals surface area contributed by atoms with Crippen molar-refractivity contribution in [1.82, 2.24) is 8.68 Å². The molecule has 0 unspecified atom stereocenters. The van der Waals surface area contributed by atoms with Crippen molar-refractivity contribution >= 4 is 21.6 Å². The minimum absolute atomic E-state index is 0.0231. The van der Waals surface area contributed by atoms with Gasteiger partial charge in [-0.2, -0.15) is 21.9 Å². The van der Waals surface area contributed by atoms with Gasteiger partial charge in [-0.3, -0.25) is 0 Å². The molecular weight excluding hydrogens is 381 g/mol. The predicted molar refractivity (Wildman–Crippen MR) is 83.3 cm³/mol. The van der Waals surface area contributed by atoms with Gasteiger partial charge in [0.15, 0.2) is 0 Å². The number of aliphatic hydroxyl groups is 2. The van der Waals surface area contributed by atoms with Gasteiger partial charge in [0.25, 0.3) is 0 Å². The Balaban J connectivity index is 2.02. The van der Waals surface area contributed by atoms with Crippen molar-refractivity contribution in [2.75, 3.05) is 13.1 Å². The zero-order valence-electron chi connectivity index (χ0n) is 12.5. The van der Waals surface area contributed by atoms with Gasteiger partial charge in [-0.1, -0.05) is 12.1 Å². The van der Waals surface area contributed by atoms with Gasteiger partial charge in [0.1, 0.15) is 10.6 Å². The van der Waals surface area contributed by atoms with E-state index in [-0.39, 0.29) is 29.2 Å². The summed E-state index contributed by atoms with van der Waals surface area (Å²) in [7, 11) is -4.11. The zero-order valence-corrected chi connectivity index (χ0v) is 14.1. The number of β-amino-alcohol motifs (C(OH)–C–C–N with tert-alkyl or cyclic N) is 2. The molecule has 6 nitrogen and oxygen atoms in total. The van der Waals surface area contributed by atoms with Crippen LogP contribution >= 0.6 is 11.5 Å². The third kappa shape index (κ3) is 3.42. The second kappa shape index (κ2) is 6.32. The van der Waals surface area contributed by atoms with E-state index < -0.39 is 34.0 Å². The summed E-state index contributed by atoms with van der Waals surface area (Å²) in [6, 6.07) is 4.24. The third-order valence-electron chi connectivity index (χ3n) is 3.84. The number of benzene rings is 1. The van der Waals surface area contributed by atoms with E-state index in [1.807, 2.05) is 0 Å². The number of aromatic nitrogens is 1. The zero-order chi connectivity index (χ0) is 18.4. The van der Waals surface area contributed by atoms with Crippen molar-refractivity contribution in [1.29, 1.82) is 0 Å². The standard InChI is InChI=1S/C14H13F3N2O4S2/c15-14(16,17)9-3-1-2-8(4-9)13-12(7-24-18-13)25(22,23)19-5-10(20)11(21)6-19/h1-4,7,10-11,20-21H,5-6H2/t10-,11+. The molecule has 2 atom stereocenters. The van der Waals surface area contributed by atoms with E-state index in [2.05, 4.69) is 4.37 Å². The molecule has 1 fully saturated rings. The van der Waals surface area contributed by atoms with Crippen LogP contribution < -0.4 is 0 Å². The lowest BCUT2D eigenvalue weighted by atomic mass is 10.1. The monoisotopic (exact) mass is 394 g/mol. The smallest absolute Gasteiger partial charge is 0.389 e. The molecule has 0 amide bonds. The summed E-state index contributed by atoms with van der Waals surface area (Å²) in [6.45, 7) is -0.581. The highest BCUT2D eigenvalue weighted by Gasteiger charge is 2.39. The largest absolute Gasteiger partial charge is 0.416 e. The Hall–Kier alpha value is -1.53. The summed E-state index contributed by atoms with van der Waals surface area (Å²) in [6.07, 6.45) is -6.98. The molecule has 0 radical (unpaired) electrons. The maximum atomic E-state index is 12.9. The third-order valence-corrected chi connectivity index (χ3v) is 6.47. The second-order valence-electron chi connectivity index (χ2n) is 5.56. The molecule has 0 saturated carbocycles. The molecule has 11 heteroatoms. The highest BCUT2D eigenvalue weighted by molar-refractivity contribution is 7.89. The van der Waals surface area contributed by atoms with Crippen molar-refractivity contribution in [3.63, 3.8) is 0 Å². The fourth-order valence-corrected chi connectivity index (χ4v) is 5.15. The van der Waals surface area contributed by atoms with Crippen LogP contribution in [0.15, 0.2) is 34.5 Å². The number of aliphatic hydroxyl groups excluding tert-OH is 2. The van der Waals surface area contributed by atoms with Gasteiger partial charge in [-0.05, 0) is 23.7 Å². The normalized spacial score (nSPS) is 22.4. The first-order valence-corrected chi connectivity index (χ1v) is 9.36. The molecular formula is C14H13F3N2O4S2. The number of rotatable bonds is 3. The molecule has 1 aliphatic heterocycles. The molecule has 1 aromatic heterocycles. The van der Waals surface area contributed by atoms with Gasteiger partial charge < -0.3 is 10.2 Å². The first kappa shape index (κ1) is 18.3. The maximum absolute atomic E-state index is 12.9. The Labute approximate surface area is 145 Å². The summed E-state index contributed by atoms with van der Waals surface area (Å²) in [5.41, 5.74) is -0.977. The molecule has 1 aliphatic rings. The van der Waals surface area contributed by atoms with Crippen molar-refractivity contribution in [2.24, 2.45) is 0 Å². The van der Waals surface area contributed by atoms with E-state index in [0.717, 1.165) is 28.0 Å². The summed E-state index contributed by atoms with van der Waals surface area (Å²) >= 11 is 0.800. The van der Waals surface area contributed by atoms with Gasteiger partial charge in [-0.25, -0.2) is 8.42 Å². The van der Waals surface area contributed by atoms with E-state index in [0.29, 0.717) is 0 Å². The van der Waals surface area contributed by atoms with Crippen LogP contribution in [0.3, 0.4) is 0 Å². The topological polar surface area (TPSA) is 90.7 Å². The van der Waals surface area contributed by atoms with E-state index in [9.17, 15) is 31.8 Å². The highest BCUT2D eigenvalue weighted by atomic mass is 32.2. The van der Waals surface area contributed by atoms with Gasteiger partial charge in [0.05, 0.1) is 17.8 Å². The van der Waals surface area contributed by atoms with Crippen LogP contribution in [0.1, 0.15) is 5.56 Å². The van der Waals surface area contributed by atoms with E-state index in [1.165, 1.54) is 17.5 Å². The summed E-state index contributed by atoms with van der Waals surface area (Å²) in [4.78, 5) is -0.252. The lowest BCUT2D eigenvalue weighted by Gasteiger charge is -2.15. The molecule has 0 bridgehead atoms. The number of nitrogens with zero attached hydrogens (tertiary/aromatic N) is 2. The van der Waals surface area contributed by atoms with Crippen LogP contribution in [-0.4, -0.2) is 52.6 Å². The summed E-state index contributed by atoms with van der Waals surface area (Å²) < 4.78 is 68.9. The first-order chi connectivity index (χ1) is 11.6. The fraction of sp³-hybridized carbons (Fsp3) is 0.357. The van der Waals surface area contributed by atoms with Crippen molar-refractivity contribution in [3.8, 4) is 11.3 Å².